The third kappa shape index (κ3) is 2.31. The van der Waals surface area contributed by atoms with E-state index in [1.807, 2.05) is 0 Å². The predicted octanol–water partition coefficient (Wildman–Crippen LogP) is -0.199. The molecule has 0 atom stereocenters. The van der Waals surface area contributed by atoms with Gasteiger partial charge in [0.05, 0.1) is 6.61 Å². The molecule has 0 amide bonds. The molecule has 0 radical (unpaired) electrons. The molecule has 2 aromatic heterocycles. The van der Waals surface area contributed by atoms with Crippen LogP contribution in [0.3, 0.4) is 0 Å². The zero-order chi connectivity index (χ0) is 13.2. The first-order valence-electron chi connectivity index (χ1n) is 4.99. The summed E-state index contributed by atoms with van der Waals surface area (Å²) in [4.78, 5) is 7.50. The van der Waals surface area contributed by atoms with Gasteiger partial charge < -0.3 is 5.11 Å². The first-order chi connectivity index (χ1) is 8.54. The molecule has 8 nitrogen and oxygen atoms in total. The standard InChI is InChI=1S/C9H11N5O3S/c1-6-7(5-15)8(13-12-6)18(16,17)14-9-10-3-2-4-11-9/h2-4,15H,5H2,1H3,(H,12,13)(H,10,11,14). The molecule has 3 N–H and O–H groups in total. The second-order valence-corrected chi connectivity index (χ2v) is 5.07. The highest BCUT2D eigenvalue weighted by molar-refractivity contribution is 7.92. The molecule has 96 valence electrons. The van der Waals surface area contributed by atoms with Crippen molar-refractivity contribution in [1.29, 1.82) is 0 Å². The van der Waals surface area contributed by atoms with E-state index >= 15 is 0 Å². The Kier molecular flexibility index (Phi) is 3.26. The Morgan fingerprint density at radius 2 is 2.06 bits per heavy atom. The third-order valence-corrected chi connectivity index (χ3v) is 3.54. The van der Waals surface area contributed by atoms with Crippen LogP contribution in [0.15, 0.2) is 23.5 Å². The van der Waals surface area contributed by atoms with Crippen LogP contribution >= 0.6 is 0 Å². The summed E-state index contributed by atoms with van der Waals surface area (Å²) in [5.74, 6) is -0.0537. The molecule has 0 saturated carbocycles. The van der Waals surface area contributed by atoms with E-state index in [4.69, 9.17) is 5.11 Å². The van der Waals surface area contributed by atoms with E-state index in [0.717, 1.165) is 0 Å². The van der Waals surface area contributed by atoms with E-state index in [-0.39, 0.29) is 16.5 Å². The number of anilines is 1. The van der Waals surface area contributed by atoms with Crippen molar-refractivity contribution in [3.05, 3.63) is 29.7 Å². The SMILES string of the molecule is Cc1[nH]nc(S(=O)(=O)Nc2ncccn2)c1CO. The molecule has 0 saturated heterocycles. The van der Waals surface area contributed by atoms with Crippen LogP contribution < -0.4 is 4.72 Å². The lowest BCUT2D eigenvalue weighted by Gasteiger charge is -2.04. The number of H-pyrrole nitrogens is 1. The number of nitrogens with one attached hydrogen (secondary N) is 2. The number of aliphatic hydroxyl groups excluding tert-OH is 1. The summed E-state index contributed by atoms with van der Waals surface area (Å²) in [5.41, 5.74) is 0.713. The highest BCUT2D eigenvalue weighted by Crippen LogP contribution is 2.17. The van der Waals surface area contributed by atoms with Crippen molar-refractivity contribution in [1.82, 2.24) is 20.2 Å². The summed E-state index contributed by atoms with van der Waals surface area (Å²) in [6.45, 7) is 1.20. The maximum absolute atomic E-state index is 12.0. The smallest absolute Gasteiger partial charge is 0.283 e. The van der Waals surface area contributed by atoms with E-state index in [1.54, 1.807) is 13.0 Å². The summed E-state index contributed by atoms with van der Waals surface area (Å²) in [6, 6.07) is 1.57. The lowest BCUT2D eigenvalue weighted by Crippen LogP contribution is -2.17. The number of aliphatic hydroxyl groups is 1. The maximum atomic E-state index is 12.0. The minimum atomic E-state index is -3.91. The van der Waals surface area contributed by atoms with Gasteiger partial charge in [-0.1, -0.05) is 0 Å². The number of sulfonamides is 1. The minimum Gasteiger partial charge on any atom is -0.392 e. The van der Waals surface area contributed by atoms with E-state index in [2.05, 4.69) is 24.9 Å². The average molecular weight is 269 g/mol. The first kappa shape index (κ1) is 12.5. The Morgan fingerprint density at radius 1 is 1.39 bits per heavy atom. The summed E-state index contributed by atoms with van der Waals surface area (Å²) in [6.07, 6.45) is 2.82. The van der Waals surface area contributed by atoms with E-state index < -0.39 is 16.6 Å². The first-order valence-corrected chi connectivity index (χ1v) is 6.47. The van der Waals surface area contributed by atoms with Gasteiger partial charge in [-0.25, -0.2) is 14.7 Å². The molecular weight excluding hydrogens is 258 g/mol. The summed E-state index contributed by atoms with van der Waals surface area (Å²) in [5, 5.41) is 15.1. The molecule has 0 fully saturated rings. The molecule has 0 aliphatic rings. The van der Waals surface area contributed by atoms with Crippen LogP contribution in [-0.2, 0) is 16.6 Å². The molecule has 2 rings (SSSR count). The van der Waals surface area contributed by atoms with Gasteiger partial charge in [0.2, 0.25) is 11.0 Å². The molecule has 2 aromatic rings. The molecule has 9 heteroatoms. The van der Waals surface area contributed by atoms with Gasteiger partial charge >= 0.3 is 0 Å². The number of nitrogens with zero attached hydrogens (tertiary/aromatic N) is 3. The van der Waals surface area contributed by atoms with Crippen molar-refractivity contribution in [3.63, 3.8) is 0 Å². The molecule has 0 bridgehead atoms. The summed E-state index contributed by atoms with van der Waals surface area (Å²) < 4.78 is 26.2. The van der Waals surface area contributed by atoms with Crippen molar-refractivity contribution in [2.24, 2.45) is 0 Å². The molecule has 0 aliphatic heterocycles. The fourth-order valence-corrected chi connectivity index (χ4v) is 2.51. The topological polar surface area (TPSA) is 121 Å². The van der Waals surface area contributed by atoms with Gasteiger partial charge in [-0.05, 0) is 13.0 Å². The quantitative estimate of drug-likeness (QED) is 0.707. The molecular formula is C9H11N5O3S. The Hall–Kier alpha value is -2.00. The molecule has 0 spiro atoms. The van der Waals surface area contributed by atoms with E-state index in [9.17, 15) is 8.42 Å². The van der Waals surface area contributed by atoms with Crippen LogP contribution in [0.4, 0.5) is 5.95 Å². The second kappa shape index (κ2) is 4.70. The Balaban J connectivity index is 2.37. The molecule has 0 unspecified atom stereocenters. The fourth-order valence-electron chi connectivity index (χ4n) is 1.36. The van der Waals surface area contributed by atoms with Gasteiger partial charge in [-0.3, -0.25) is 5.10 Å². The largest absolute Gasteiger partial charge is 0.392 e. The summed E-state index contributed by atoms with van der Waals surface area (Å²) in [7, 11) is -3.91. The van der Waals surface area contributed by atoms with Crippen LogP contribution in [0, 0.1) is 6.92 Å². The predicted molar refractivity (Wildman–Crippen MR) is 62.1 cm³/mol. The van der Waals surface area contributed by atoms with Gasteiger partial charge in [0, 0.05) is 23.7 Å². The number of hydrogen-bond acceptors (Lipinski definition) is 6. The van der Waals surface area contributed by atoms with Crippen LogP contribution in [0.25, 0.3) is 0 Å². The normalized spacial score (nSPS) is 11.4. The number of hydrogen-bond donors (Lipinski definition) is 3. The minimum absolute atomic E-state index is 0.0537. The van der Waals surface area contributed by atoms with Crippen LogP contribution in [-0.4, -0.2) is 33.7 Å². The molecule has 2 heterocycles. The Labute approximate surface area is 103 Å². The Morgan fingerprint density at radius 3 is 2.67 bits per heavy atom. The van der Waals surface area contributed by atoms with Gasteiger partial charge in [-0.15, -0.1) is 0 Å². The van der Waals surface area contributed by atoms with Crippen LogP contribution in [0.5, 0.6) is 0 Å². The lowest BCUT2D eigenvalue weighted by molar-refractivity contribution is 0.277. The maximum Gasteiger partial charge on any atom is 0.283 e. The molecule has 0 aromatic carbocycles. The fraction of sp³-hybridized carbons (Fsp3) is 0.222. The highest BCUT2D eigenvalue weighted by Gasteiger charge is 2.24. The Bertz CT molecular complexity index is 637. The van der Waals surface area contributed by atoms with Crippen molar-refractivity contribution in [2.45, 2.75) is 18.6 Å². The van der Waals surface area contributed by atoms with Gasteiger partial charge in [0.15, 0.2) is 0 Å². The van der Waals surface area contributed by atoms with Crippen molar-refractivity contribution >= 4 is 16.0 Å². The van der Waals surface area contributed by atoms with Crippen molar-refractivity contribution in [3.8, 4) is 0 Å². The van der Waals surface area contributed by atoms with E-state index in [1.165, 1.54) is 12.4 Å². The van der Waals surface area contributed by atoms with Gasteiger partial charge in [0.1, 0.15) is 0 Å². The molecule has 18 heavy (non-hydrogen) atoms. The second-order valence-electron chi connectivity index (χ2n) is 3.47. The zero-order valence-electron chi connectivity index (χ0n) is 9.45. The van der Waals surface area contributed by atoms with E-state index in [0.29, 0.717) is 5.69 Å². The van der Waals surface area contributed by atoms with Crippen LogP contribution in [0.2, 0.25) is 0 Å². The monoisotopic (exact) mass is 269 g/mol. The summed E-state index contributed by atoms with van der Waals surface area (Å²) >= 11 is 0. The number of aryl methyl sites for hydroxylation is 1. The average Bonchev–Trinajstić information content (AvgIpc) is 2.72. The zero-order valence-corrected chi connectivity index (χ0v) is 10.3. The van der Waals surface area contributed by atoms with Crippen molar-refractivity contribution < 1.29 is 13.5 Å². The van der Waals surface area contributed by atoms with Crippen molar-refractivity contribution in [2.75, 3.05) is 4.72 Å². The number of rotatable bonds is 4. The van der Waals surface area contributed by atoms with Crippen LogP contribution in [0.1, 0.15) is 11.3 Å². The highest BCUT2D eigenvalue weighted by atomic mass is 32.2. The number of aromatic amines is 1. The third-order valence-electron chi connectivity index (χ3n) is 2.24. The number of aromatic nitrogens is 4. The van der Waals surface area contributed by atoms with Gasteiger partial charge in [-0.2, -0.15) is 13.5 Å². The molecule has 0 aliphatic carbocycles. The van der Waals surface area contributed by atoms with Gasteiger partial charge in [0.25, 0.3) is 10.0 Å². The lowest BCUT2D eigenvalue weighted by atomic mass is 10.3.